The SMILES string of the molecule is CC(CN)CS(=O)CCC(=O)NC1CC1. The van der Waals surface area contributed by atoms with Crippen molar-refractivity contribution >= 4 is 16.7 Å². The van der Waals surface area contributed by atoms with Gasteiger partial charge in [0.25, 0.3) is 0 Å². The largest absolute Gasteiger partial charge is 0.353 e. The van der Waals surface area contributed by atoms with Crippen molar-refractivity contribution in [2.24, 2.45) is 11.7 Å². The summed E-state index contributed by atoms with van der Waals surface area (Å²) in [5.74, 6) is 1.37. The summed E-state index contributed by atoms with van der Waals surface area (Å²) in [6.07, 6.45) is 2.57. The number of nitrogens with one attached hydrogen (secondary N) is 1. The van der Waals surface area contributed by atoms with Crippen LogP contribution < -0.4 is 11.1 Å². The third kappa shape index (κ3) is 5.89. The summed E-state index contributed by atoms with van der Waals surface area (Å²) >= 11 is 0. The Morgan fingerprint density at radius 1 is 1.60 bits per heavy atom. The lowest BCUT2D eigenvalue weighted by Crippen LogP contribution is -2.27. The predicted octanol–water partition coefficient (Wildman–Crippen LogP) is -0.00140. The van der Waals surface area contributed by atoms with Crippen LogP contribution in [0.4, 0.5) is 0 Å². The zero-order valence-electron chi connectivity index (χ0n) is 9.20. The molecule has 1 saturated carbocycles. The van der Waals surface area contributed by atoms with Crippen LogP contribution in [-0.4, -0.2) is 34.2 Å². The van der Waals surface area contributed by atoms with Gasteiger partial charge in [0.2, 0.25) is 5.91 Å². The summed E-state index contributed by atoms with van der Waals surface area (Å²) in [5.41, 5.74) is 5.44. The van der Waals surface area contributed by atoms with Gasteiger partial charge in [0.05, 0.1) is 0 Å². The molecule has 0 aromatic heterocycles. The number of rotatable bonds is 7. The molecule has 2 atom stereocenters. The summed E-state index contributed by atoms with van der Waals surface area (Å²) in [6.45, 7) is 2.53. The molecular weight excluding hydrogens is 212 g/mol. The molecule has 1 fully saturated rings. The van der Waals surface area contributed by atoms with Gasteiger partial charge in [-0.2, -0.15) is 0 Å². The van der Waals surface area contributed by atoms with E-state index >= 15 is 0 Å². The second-order valence-corrected chi connectivity index (χ2v) is 5.86. The Morgan fingerprint density at radius 2 is 2.27 bits per heavy atom. The Morgan fingerprint density at radius 3 is 2.80 bits per heavy atom. The summed E-state index contributed by atoms with van der Waals surface area (Å²) < 4.78 is 11.5. The van der Waals surface area contributed by atoms with Crippen LogP contribution in [-0.2, 0) is 15.6 Å². The number of nitrogens with two attached hydrogens (primary N) is 1. The van der Waals surface area contributed by atoms with Crippen molar-refractivity contribution in [1.29, 1.82) is 0 Å². The first-order valence-electron chi connectivity index (χ1n) is 5.46. The van der Waals surface area contributed by atoms with Gasteiger partial charge in [-0.15, -0.1) is 0 Å². The molecule has 2 unspecified atom stereocenters. The van der Waals surface area contributed by atoms with Crippen LogP contribution in [0, 0.1) is 5.92 Å². The third-order valence-corrected chi connectivity index (χ3v) is 3.97. The molecular formula is C10H20N2O2S. The minimum absolute atomic E-state index is 0.0336. The van der Waals surface area contributed by atoms with Crippen LogP contribution in [0.15, 0.2) is 0 Å². The molecule has 1 aliphatic carbocycles. The molecule has 1 aliphatic rings. The molecule has 0 radical (unpaired) electrons. The van der Waals surface area contributed by atoms with Crippen LogP contribution >= 0.6 is 0 Å². The fourth-order valence-electron chi connectivity index (χ4n) is 1.20. The van der Waals surface area contributed by atoms with Gasteiger partial charge in [-0.05, 0) is 25.3 Å². The first-order chi connectivity index (χ1) is 7.11. The average Bonchev–Trinajstić information content (AvgIpc) is 2.98. The van der Waals surface area contributed by atoms with Crippen molar-refractivity contribution in [3.8, 4) is 0 Å². The molecule has 0 aromatic rings. The number of hydrogen-bond acceptors (Lipinski definition) is 3. The lowest BCUT2D eigenvalue weighted by Gasteiger charge is -2.07. The van der Waals surface area contributed by atoms with Crippen LogP contribution in [0.25, 0.3) is 0 Å². The van der Waals surface area contributed by atoms with E-state index in [2.05, 4.69) is 5.32 Å². The zero-order chi connectivity index (χ0) is 11.3. The highest BCUT2D eigenvalue weighted by molar-refractivity contribution is 7.85. The van der Waals surface area contributed by atoms with Gasteiger partial charge in [-0.1, -0.05) is 6.92 Å². The van der Waals surface area contributed by atoms with Crippen LogP contribution in [0.2, 0.25) is 0 Å². The van der Waals surface area contributed by atoms with E-state index in [1.807, 2.05) is 6.92 Å². The number of amides is 1. The van der Waals surface area contributed by atoms with Crippen molar-refractivity contribution < 1.29 is 9.00 Å². The first kappa shape index (κ1) is 12.6. The number of carbonyl (C=O) groups is 1. The Kier molecular flexibility index (Phi) is 5.25. The van der Waals surface area contributed by atoms with Crippen molar-refractivity contribution in [2.45, 2.75) is 32.2 Å². The normalized spacial score (nSPS) is 19.6. The van der Waals surface area contributed by atoms with E-state index < -0.39 is 10.8 Å². The zero-order valence-corrected chi connectivity index (χ0v) is 10.0. The van der Waals surface area contributed by atoms with E-state index in [0.717, 1.165) is 12.8 Å². The summed E-state index contributed by atoms with van der Waals surface area (Å²) in [5, 5.41) is 2.88. The molecule has 4 nitrogen and oxygen atoms in total. The van der Waals surface area contributed by atoms with Crippen LogP contribution in [0.1, 0.15) is 26.2 Å². The molecule has 0 spiro atoms. The Bertz CT molecular complexity index is 242. The van der Waals surface area contributed by atoms with Crippen molar-refractivity contribution in [3.63, 3.8) is 0 Å². The standard InChI is InChI=1S/C10H20N2O2S/c1-8(6-11)7-15(14)5-4-10(13)12-9-2-3-9/h8-9H,2-7,11H2,1H3,(H,12,13). The Hall–Kier alpha value is -0.420. The van der Waals surface area contributed by atoms with Gasteiger partial charge < -0.3 is 11.1 Å². The number of carbonyl (C=O) groups excluding carboxylic acids is 1. The molecule has 1 amide bonds. The minimum atomic E-state index is -0.906. The van der Waals surface area contributed by atoms with Gasteiger partial charge >= 0.3 is 0 Å². The van der Waals surface area contributed by atoms with E-state index in [9.17, 15) is 9.00 Å². The highest BCUT2D eigenvalue weighted by Crippen LogP contribution is 2.18. The molecule has 3 N–H and O–H groups in total. The highest BCUT2D eigenvalue weighted by atomic mass is 32.2. The third-order valence-electron chi connectivity index (χ3n) is 2.37. The van der Waals surface area contributed by atoms with E-state index in [0.29, 0.717) is 30.5 Å². The van der Waals surface area contributed by atoms with E-state index in [1.54, 1.807) is 0 Å². The van der Waals surface area contributed by atoms with Crippen molar-refractivity contribution in [3.05, 3.63) is 0 Å². The smallest absolute Gasteiger partial charge is 0.221 e. The second kappa shape index (κ2) is 6.23. The second-order valence-electron chi connectivity index (χ2n) is 4.24. The lowest BCUT2D eigenvalue weighted by molar-refractivity contribution is -0.120. The minimum Gasteiger partial charge on any atom is -0.353 e. The molecule has 0 aliphatic heterocycles. The first-order valence-corrected chi connectivity index (χ1v) is 6.95. The average molecular weight is 232 g/mol. The molecule has 1 rings (SSSR count). The maximum absolute atomic E-state index is 11.5. The summed E-state index contributed by atoms with van der Waals surface area (Å²) in [4.78, 5) is 11.3. The Balaban J connectivity index is 2.06. The fourth-order valence-corrected chi connectivity index (χ4v) is 2.55. The highest BCUT2D eigenvalue weighted by Gasteiger charge is 2.23. The van der Waals surface area contributed by atoms with Gasteiger partial charge in [-0.3, -0.25) is 9.00 Å². The van der Waals surface area contributed by atoms with Gasteiger partial charge in [0, 0.05) is 34.8 Å². The molecule has 0 bridgehead atoms. The summed E-state index contributed by atoms with van der Waals surface area (Å²) in [7, 11) is -0.906. The summed E-state index contributed by atoms with van der Waals surface area (Å²) in [6, 6.07) is 0.397. The van der Waals surface area contributed by atoms with Crippen LogP contribution in [0.5, 0.6) is 0 Å². The van der Waals surface area contributed by atoms with Gasteiger partial charge in [-0.25, -0.2) is 0 Å². The Labute approximate surface area is 93.4 Å². The molecule has 15 heavy (non-hydrogen) atoms. The predicted molar refractivity (Wildman–Crippen MR) is 61.9 cm³/mol. The molecule has 5 heteroatoms. The van der Waals surface area contributed by atoms with Gasteiger partial charge in [0.15, 0.2) is 0 Å². The quantitative estimate of drug-likeness (QED) is 0.649. The maximum atomic E-state index is 11.5. The molecule has 0 saturated heterocycles. The van der Waals surface area contributed by atoms with E-state index in [4.69, 9.17) is 5.73 Å². The molecule has 0 heterocycles. The lowest BCUT2D eigenvalue weighted by atomic mass is 10.2. The van der Waals surface area contributed by atoms with Gasteiger partial charge in [0.1, 0.15) is 0 Å². The monoisotopic (exact) mass is 232 g/mol. The van der Waals surface area contributed by atoms with E-state index in [1.165, 1.54) is 0 Å². The fraction of sp³-hybridized carbons (Fsp3) is 0.900. The van der Waals surface area contributed by atoms with Crippen LogP contribution in [0.3, 0.4) is 0 Å². The molecule has 88 valence electrons. The maximum Gasteiger partial charge on any atom is 0.221 e. The van der Waals surface area contributed by atoms with Crippen molar-refractivity contribution in [1.82, 2.24) is 5.32 Å². The molecule has 0 aromatic carbocycles. The van der Waals surface area contributed by atoms with Crippen molar-refractivity contribution in [2.75, 3.05) is 18.1 Å². The number of hydrogen-bond donors (Lipinski definition) is 2. The van der Waals surface area contributed by atoms with E-state index in [-0.39, 0.29) is 11.8 Å². The topological polar surface area (TPSA) is 72.2 Å².